The summed E-state index contributed by atoms with van der Waals surface area (Å²) in [6.45, 7) is 7.02. The van der Waals surface area contributed by atoms with Gasteiger partial charge in [-0.05, 0) is 75.2 Å². The van der Waals surface area contributed by atoms with Crippen molar-refractivity contribution in [3.63, 3.8) is 0 Å². The highest BCUT2D eigenvalue weighted by Crippen LogP contribution is 2.31. The average Bonchev–Trinajstić information content (AvgIpc) is 2.76. The Hall–Kier alpha value is -3.55. The number of benzene rings is 2. The van der Waals surface area contributed by atoms with Crippen LogP contribution in [0.3, 0.4) is 0 Å². The lowest BCUT2D eigenvalue weighted by molar-refractivity contribution is -0.152. The number of rotatable bonds is 8. The van der Waals surface area contributed by atoms with E-state index in [4.69, 9.17) is 9.47 Å². The van der Waals surface area contributed by atoms with E-state index in [1.807, 2.05) is 19.9 Å². The zero-order chi connectivity index (χ0) is 25.1. The molecular weight excluding hydrogens is 447 g/mol. The third kappa shape index (κ3) is 6.07. The summed E-state index contributed by atoms with van der Waals surface area (Å²) in [5, 5.41) is 9.22. The van der Waals surface area contributed by atoms with E-state index in [0.717, 1.165) is 29.0 Å². The van der Waals surface area contributed by atoms with Crippen molar-refractivity contribution in [2.45, 2.75) is 45.9 Å². The van der Waals surface area contributed by atoms with E-state index in [1.165, 1.54) is 26.0 Å². The number of hydrogen-bond donors (Lipinski definition) is 1. The summed E-state index contributed by atoms with van der Waals surface area (Å²) in [5.41, 5.74) is 1.68. The molecule has 0 aliphatic rings. The summed E-state index contributed by atoms with van der Waals surface area (Å²) in [6.07, 6.45) is -3.78. The number of aryl methyl sites for hydroxylation is 2. The standard InChI is InChI=1S/C26H26F3NO4/c1-16-15-21(10-12-23(16)34-25(3,4)24(31)32)33-14-13-18-7-11-22(30-17(18)2)19-5-8-20(9-6-19)26(27,28)29/h5-12,15H,13-14H2,1-4H3,(H,31,32). The maximum atomic E-state index is 12.8. The van der Waals surface area contributed by atoms with E-state index in [9.17, 15) is 23.1 Å². The highest BCUT2D eigenvalue weighted by molar-refractivity contribution is 5.76. The van der Waals surface area contributed by atoms with Crippen molar-refractivity contribution in [2.75, 3.05) is 6.61 Å². The van der Waals surface area contributed by atoms with E-state index in [2.05, 4.69) is 4.98 Å². The number of alkyl halides is 3. The van der Waals surface area contributed by atoms with Gasteiger partial charge >= 0.3 is 12.1 Å². The predicted octanol–water partition coefficient (Wildman–Crippen LogP) is 6.25. The Labute approximate surface area is 196 Å². The summed E-state index contributed by atoms with van der Waals surface area (Å²) in [5.74, 6) is 0.0455. The van der Waals surface area contributed by atoms with Gasteiger partial charge in [0, 0.05) is 17.7 Å². The van der Waals surface area contributed by atoms with Gasteiger partial charge in [0.15, 0.2) is 5.60 Å². The number of aliphatic carboxylic acids is 1. The lowest BCUT2D eigenvalue weighted by atomic mass is 10.1. The van der Waals surface area contributed by atoms with E-state index in [1.54, 1.807) is 24.3 Å². The molecule has 0 unspecified atom stereocenters. The van der Waals surface area contributed by atoms with Gasteiger partial charge in [0.2, 0.25) is 0 Å². The quantitative estimate of drug-likeness (QED) is 0.419. The van der Waals surface area contributed by atoms with Crippen LogP contribution in [0.1, 0.15) is 36.2 Å². The van der Waals surface area contributed by atoms with Crippen LogP contribution in [0.25, 0.3) is 11.3 Å². The Morgan fingerprint density at radius 2 is 1.68 bits per heavy atom. The van der Waals surface area contributed by atoms with Crippen LogP contribution in [0.5, 0.6) is 11.5 Å². The van der Waals surface area contributed by atoms with Crippen LogP contribution in [-0.4, -0.2) is 28.3 Å². The minimum absolute atomic E-state index is 0.391. The highest BCUT2D eigenvalue weighted by atomic mass is 19.4. The van der Waals surface area contributed by atoms with Crippen molar-refractivity contribution in [2.24, 2.45) is 0 Å². The maximum Gasteiger partial charge on any atom is 0.416 e. The molecule has 5 nitrogen and oxygen atoms in total. The molecule has 0 aliphatic heterocycles. The van der Waals surface area contributed by atoms with Crippen LogP contribution >= 0.6 is 0 Å². The van der Waals surface area contributed by atoms with Crippen molar-refractivity contribution in [3.8, 4) is 22.8 Å². The minimum Gasteiger partial charge on any atom is -0.493 e. The second-order valence-corrected chi connectivity index (χ2v) is 8.46. The molecule has 0 saturated carbocycles. The van der Waals surface area contributed by atoms with E-state index < -0.39 is 23.3 Å². The first-order valence-corrected chi connectivity index (χ1v) is 10.7. The number of aromatic nitrogens is 1. The van der Waals surface area contributed by atoms with Gasteiger partial charge in [0.05, 0.1) is 17.9 Å². The Bertz CT molecular complexity index is 1170. The van der Waals surface area contributed by atoms with Crippen LogP contribution in [0.4, 0.5) is 13.2 Å². The van der Waals surface area contributed by atoms with Gasteiger partial charge in [0.25, 0.3) is 0 Å². The SMILES string of the molecule is Cc1cc(OCCc2ccc(-c3ccc(C(F)(F)F)cc3)nc2C)ccc1OC(C)(C)C(=O)O. The van der Waals surface area contributed by atoms with Crippen molar-refractivity contribution >= 4 is 5.97 Å². The summed E-state index contributed by atoms with van der Waals surface area (Å²) >= 11 is 0. The fourth-order valence-corrected chi connectivity index (χ4v) is 3.27. The summed E-state index contributed by atoms with van der Waals surface area (Å²) in [4.78, 5) is 15.8. The zero-order valence-corrected chi connectivity index (χ0v) is 19.4. The number of pyridine rings is 1. The largest absolute Gasteiger partial charge is 0.493 e. The molecule has 0 saturated heterocycles. The van der Waals surface area contributed by atoms with Crippen molar-refractivity contribution in [1.82, 2.24) is 4.98 Å². The molecule has 0 fully saturated rings. The van der Waals surface area contributed by atoms with Gasteiger partial charge in [-0.2, -0.15) is 13.2 Å². The number of hydrogen-bond acceptors (Lipinski definition) is 4. The molecule has 0 atom stereocenters. The Balaban J connectivity index is 1.61. The maximum absolute atomic E-state index is 12.8. The summed E-state index contributed by atoms with van der Waals surface area (Å²) in [6, 6.07) is 13.8. The summed E-state index contributed by atoms with van der Waals surface area (Å²) < 4.78 is 49.7. The number of nitrogens with zero attached hydrogens (tertiary/aromatic N) is 1. The molecule has 1 aromatic heterocycles. The monoisotopic (exact) mass is 473 g/mol. The first-order chi connectivity index (χ1) is 15.9. The van der Waals surface area contributed by atoms with Gasteiger partial charge in [-0.25, -0.2) is 4.79 Å². The molecule has 2 aromatic carbocycles. The Kier molecular flexibility index (Phi) is 7.19. The van der Waals surface area contributed by atoms with Crippen LogP contribution in [-0.2, 0) is 17.4 Å². The molecule has 3 aromatic rings. The molecule has 8 heteroatoms. The fraction of sp³-hybridized carbons (Fsp3) is 0.308. The molecule has 34 heavy (non-hydrogen) atoms. The van der Waals surface area contributed by atoms with E-state index >= 15 is 0 Å². The Morgan fingerprint density at radius 3 is 2.24 bits per heavy atom. The van der Waals surface area contributed by atoms with Crippen molar-refractivity contribution in [3.05, 3.63) is 77.0 Å². The van der Waals surface area contributed by atoms with Gasteiger partial charge < -0.3 is 14.6 Å². The van der Waals surface area contributed by atoms with Gasteiger partial charge in [-0.1, -0.05) is 18.2 Å². The third-order valence-corrected chi connectivity index (χ3v) is 5.37. The van der Waals surface area contributed by atoms with Gasteiger partial charge in [-0.15, -0.1) is 0 Å². The lowest BCUT2D eigenvalue weighted by Crippen LogP contribution is -2.38. The minimum atomic E-state index is -4.37. The molecule has 0 aliphatic carbocycles. The zero-order valence-electron chi connectivity index (χ0n) is 19.4. The van der Waals surface area contributed by atoms with Crippen LogP contribution in [0, 0.1) is 13.8 Å². The Morgan fingerprint density at radius 1 is 1.00 bits per heavy atom. The van der Waals surface area contributed by atoms with Crippen LogP contribution < -0.4 is 9.47 Å². The fourth-order valence-electron chi connectivity index (χ4n) is 3.27. The van der Waals surface area contributed by atoms with E-state index in [0.29, 0.717) is 35.8 Å². The number of carboxylic acids is 1. The molecule has 0 amide bonds. The first-order valence-electron chi connectivity index (χ1n) is 10.7. The normalized spacial score (nSPS) is 11.9. The summed E-state index contributed by atoms with van der Waals surface area (Å²) in [7, 11) is 0. The van der Waals surface area contributed by atoms with Gasteiger partial charge in [0.1, 0.15) is 11.5 Å². The number of ether oxygens (including phenoxy) is 2. The second kappa shape index (κ2) is 9.75. The van der Waals surface area contributed by atoms with E-state index in [-0.39, 0.29) is 0 Å². The predicted molar refractivity (Wildman–Crippen MR) is 122 cm³/mol. The molecule has 1 N–H and O–H groups in total. The molecule has 3 rings (SSSR count). The number of halogens is 3. The highest BCUT2D eigenvalue weighted by Gasteiger charge is 2.30. The molecule has 0 radical (unpaired) electrons. The lowest BCUT2D eigenvalue weighted by Gasteiger charge is -2.23. The molecule has 1 heterocycles. The average molecular weight is 473 g/mol. The number of carbonyl (C=O) groups is 1. The molecule has 0 spiro atoms. The van der Waals surface area contributed by atoms with Crippen LogP contribution in [0.2, 0.25) is 0 Å². The topological polar surface area (TPSA) is 68.7 Å². The van der Waals surface area contributed by atoms with Crippen LogP contribution in [0.15, 0.2) is 54.6 Å². The molecule has 0 bridgehead atoms. The van der Waals surface area contributed by atoms with Crippen molar-refractivity contribution < 1.29 is 32.5 Å². The first kappa shape index (κ1) is 25.1. The van der Waals surface area contributed by atoms with Gasteiger partial charge in [-0.3, -0.25) is 4.98 Å². The van der Waals surface area contributed by atoms with Crippen molar-refractivity contribution in [1.29, 1.82) is 0 Å². The number of carboxylic acid groups (broad SMARTS) is 1. The second-order valence-electron chi connectivity index (χ2n) is 8.46. The molecular formula is C26H26F3NO4. The third-order valence-electron chi connectivity index (χ3n) is 5.37. The molecule has 180 valence electrons. The smallest absolute Gasteiger partial charge is 0.416 e.